The van der Waals surface area contributed by atoms with Crippen LogP contribution in [0.25, 0.3) is 0 Å². The first-order chi connectivity index (χ1) is 8.18. The van der Waals surface area contributed by atoms with Crippen molar-refractivity contribution in [3.8, 4) is 5.75 Å². The van der Waals surface area contributed by atoms with Crippen LogP contribution in [0.3, 0.4) is 0 Å². The van der Waals surface area contributed by atoms with E-state index in [-0.39, 0.29) is 31.3 Å². The minimum absolute atomic E-state index is 0. The molecular formula is C12H11LiN2O3. The molecule has 0 bridgehead atoms. The zero-order valence-corrected chi connectivity index (χ0v) is 10.3. The van der Waals surface area contributed by atoms with Crippen molar-refractivity contribution < 1.29 is 33.5 Å². The van der Waals surface area contributed by atoms with Crippen molar-refractivity contribution in [2.75, 3.05) is 0 Å². The van der Waals surface area contributed by atoms with Crippen molar-refractivity contribution in [2.45, 2.75) is 6.61 Å². The minimum Gasteiger partial charge on any atom is -0.542 e. The van der Waals surface area contributed by atoms with Crippen LogP contribution < -0.4 is 28.7 Å². The van der Waals surface area contributed by atoms with Gasteiger partial charge in [0.05, 0.1) is 11.9 Å². The molecule has 0 saturated heterocycles. The van der Waals surface area contributed by atoms with E-state index < -0.39 is 5.97 Å². The summed E-state index contributed by atoms with van der Waals surface area (Å²) in [5.74, 6) is -0.668. The Bertz CT molecular complexity index is 525. The molecule has 1 aromatic heterocycles. The van der Waals surface area contributed by atoms with Gasteiger partial charge in [0, 0.05) is 7.05 Å². The third kappa shape index (κ3) is 3.16. The van der Waals surface area contributed by atoms with Crippen LogP contribution in [-0.2, 0) is 13.7 Å². The van der Waals surface area contributed by atoms with Crippen LogP contribution in [-0.4, -0.2) is 15.5 Å². The van der Waals surface area contributed by atoms with Crippen LogP contribution in [0, 0.1) is 0 Å². The Hall–Kier alpha value is -1.70. The Labute approximate surface area is 117 Å². The smallest absolute Gasteiger partial charge is 0.542 e. The quantitative estimate of drug-likeness (QED) is 0.546. The maximum Gasteiger partial charge on any atom is 1.00 e. The first-order valence-electron chi connectivity index (χ1n) is 5.08. The normalized spacial score (nSPS) is 9.61. The van der Waals surface area contributed by atoms with E-state index in [0.29, 0.717) is 5.69 Å². The summed E-state index contributed by atoms with van der Waals surface area (Å²) in [4.78, 5) is 14.4. The largest absolute Gasteiger partial charge is 1.00 e. The van der Waals surface area contributed by atoms with Crippen LogP contribution in [0.4, 0.5) is 0 Å². The third-order valence-corrected chi connectivity index (χ3v) is 2.40. The Morgan fingerprint density at radius 1 is 1.39 bits per heavy atom. The third-order valence-electron chi connectivity index (χ3n) is 2.40. The predicted molar refractivity (Wildman–Crippen MR) is 58.3 cm³/mol. The van der Waals surface area contributed by atoms with Gasteiger partial charge < -0.3 is 19.2 Å². The standard InChI is InChI=1S/C12H12N2O3.Li/c1-14-9(7-13-11(14)12(15)16)8-17-10-5-3-2-4-6-10;/h2-7H,8H2,1H3,(H,15,16);/q;+1/p-1. The summed E-state index contributed by atoms with van der Waals surface area (Å²) in [6, 6.07) is 9.29. The molecule has 0 aliphatic heterocycles. The molecule has 1 aromatic carbocycles. The van der Waals surface area contributed by atoms with Crippen molar-refractivity contribution in [3.63, 3.8) is 0 Å². The maximum absolute atomic E-state index is 10.7. The average molecular weight is 238 g/mol. The number of imidazole rings is 1. The second kappa shape index (κ2) is 6.29. The molecule has 0 aliphatic rings. The number of aromatic carboxylic acids is 1. The fourth-order valence-electron chi connectivity index (χ4n) is 1.44. The summed E-state index contributed by atoms with van der Waals surface area (Å²) in [6.07, 6.45) is 1.47. The van der Waals surface area contributed by atoms with Crippen molar-refractivity contribution in [1.29, 1.82) is 0 Å². The van der Waals surface area contributed by atoms with E-state index >= 15 is 0 Å². The molecular weight excluding hydrogens is 227 g/mol. The second-order valence-electron chi connectivity index (χ2n) is 3.52. The molecule has 88 valence electrons. The van der Waals surface area contributed by atoms with E-state index in [1.54, 1.807) is 7.05 Å². The number of benzene rings is 1. The average Bonchev–Trinajstić information content (AvgIpc) is 2.69. The zero-order chi connectivity index (χ0) is 12.3. The van der Waals surface area contributed by atoms with Crippen LogP contribution in [0.5, 0.6) is 5.75 Å². The minimum atomic E-state index is -1.29. The van der Waals surface area contributed by atoms with Gasteiger partial charge in [0.1, 0.15) is 18.3 Å². The first-order valence-corrected chi connectivity index (χ1v) is 5.08. The summed E-state index contributed by atoms with van der Waals surface area (Å²) >= 11 is 0. The molecule has 0 N–H and O–H groups in total. The van der Waals surface area contributed by atoms with Crippen molar-refractivity contribution >= 4 is 5.97 Å². The Balaban J connectivity index is 0.00000162. The van der Waals surface area contributed by atoms with Crippen molar-refractivity contribution in [1.82, 2.24) is 9.55 Å². The van der Waals surface area contributed by atoms with Crippen LogP contribution in [0.1, 0.15) is 16.3 Å². The van der Waals surface area contributed by atoms with E-state index in [0.717, 1.165) is 5.75 Å². The van der Waals surface area contributed by atoms with Gasteiger partial charge >= 0.3 is 18.9 Å². The molecule has 5 nitrogen and oxygen atoms in total. The number of rotatable bonds is 4. The van der Waals surface area contributed by atoms with Crippen LogP contribution in [0.2, 0.25) is 0 Å². The molecule has 0 aliphatic carbocycles. The number of para-hydroxylation sites is 1. The molecule has 2 aromatic rings. The summed E-state index contributed by atoms with van der Waals surface area (Å²) in [6.45, 7) is 0.265. The SMILES string of the molecule is Cn1c(COc2ccccc2)cnc1C(=O)[O-].[Li+]. The van der Waals surface area contributed by atoms with Gasteiger partial charge in [0.2, 0.25) is 0 Å². The molecule has 0 unspecified atom stereocenters. The molecule has 1 heterocycles. The molecule has 18 heavy (non-hydrogen) atoms. The summed E-state index contributed by atoms with van der Waals surface area (Å²) in [5.41, 5.74) is 0.674. The summed E-state index contributed by atoms with van der Waals surface area (Å²) in [7, 11) is 1.61. The van der Waals surface area contributed by atoms with E-state index in [4.69, 9.17) is 4.74 Å². The van der Waals surface area contributed by atoms with Gasteiger partial charge in [-0.1, -0.05) is 18.2 Å². The molecule has 2 rings (SSSR count). The van der Waals surface area contributed by atoms with Gasteiger partial charge in [-0.05, 0) is 12.1 Å². The van der Waals surface area contributed by atoms with Crippen LogP contribution in [0.15, 0.2) is 36.5 Å². The molecule has 0 saturated carbocycles. The first kappa shape index (κ1) is 14.4. The Kier molecular flexibility index (Phi) is 5.02. The number of hydrogen-bond donors (Lipinski definition) is 0. The summed E-state index contributed by atoms with van der Waals surface area (Å²) < 4.78 is 6.93. The van der Waals surface area contributed by atoms with Gasteiger partial charge in [-0.25, -0.2) is 4.98 Å². The number of hydrogen-bond acceptors (Lipinski definition) is 4. The topological polar surface area (TPSA) is 67.2 Å². The number of carboxylic acid groups (broad SMARTS) is 1. The van der Waals surface area contributed by atoms with E-state index in [1.807, 2.05) is 30.3 Å². The monoisotopic (exact) mass is 238 g/mol. The number of carbonyl (C=O) groups is 1. The zero-order valence-electron chi connectivity index (χ0n) is 10.3. The molecule has 0 spiro atoms. The van der Waals surface area contributed by atoms with Gasteiger partial charge in [-0.2, -0.15) is 0 Å². The van der Waals surface area contributed by atoms with E-state index in [1.165, 1.54) is 10.8 Å². The number of nitrogens with zero attached hydrogens (tertiary/aromatic N) is 2. The number of aromatic nitrogens is 2. The molecule has 0 fully saturated rings. The number of carbonyl (C=O) groups excluding carboxylic acids is 1. The van der Waals surface area contributed by atoms with Crippen LogP contribution >= 0.6 is 0 Å². The maximum atomic E-state index is 10.7. The van der Waals surface area contributed by atoms with E-state index in [2.05, 4.69) is 4.98 Å². The van der Waals surface area contributed by atoms with Crippen molar-refractivity contribution in [3.05, 3.63) is 48.0 Å². The number of carboxylic acids is 1. The van der Waals surface area contributed by atoms with Gasteiger partial charge in [0.25, 0.3) is 0 Å². The second-order valence-corrected chi connectivity index (χ2v) is 3.52. The predicted octanol–water partition coefficient (Wildman–Crippen LogP) is -2.63. The molecule has 6 heteroatoms. The molecule has 0 amide bonds. The van der Waals surface area contributed by atoms with Crippen molar-refractivity contribution in [2.24, 2.45) is 7.05 Å². The fourth-order valence-corrected chi connectivity index (χ4v) is 1.44. The number of ether oxygens (including phenoxy) is 1. The Morgan fingerprint density at radius 3 is 2.61 bits per heavy atom. The van der Waals surface area contributed by atoms with Gasteiger partial charge in [-0.3, -0.25) is 0 Å². The summed E-state index contributed by atoms with van der Waals surface area (Å²) in [5, 5.41) is 10.7. The van der Waals surface area contributed by atoms with Gasteiger partial charge in [0.15, 0.2) is 5.82 Å². The van der Waals surface area contributed by atoms with Gasteiger partial charge in [-0.15, -0.1) is 0 Å². The molecule has 0 atom stereocenters. The molecule has 0 radical (unpaired) electrons. The van der Waals surface area contributed by atoms with E-state index in [9.17, 15) is 9.90 Å². The Morgan fingerprint density at radius 2 is 2.06 bits per heavy atom. The fraction of sp³-hybridized carbons (Fsp3) is 0.167.